The number of benzene rings is 1. The van der Waals surface area contributed by atoms with Gasteiger partial charge in [-0.05, 0) is 56.4 Å². The summed E-state index contributed by atoms with van der Waals surface area (Å²) >= 11 is 0. The molecule has 2 heterocycles. The van der Waals surface area contributed by atoms with E-state index in [0.29, 0.717) is 23.7 Å². The Morgan fingerprint density at radius 1 is 1.24 bits per heavy atom. The van der Waals surface area contributed by atoms with Gasteiger partial charge in [0, 0.05) is 36.8 Å². The van der Waals surface area contributed by atoms with E-state index in [-0.39, 0.29) is 0 Å². The zero-order chi connectivity index (χ0) is 17.2. The molecule has 1 aromatic carbocycles. The molecule has 2 aromatic rings. The number of aryl methyl sites for hydroxylation is 1. The summed E-state index contributed by atoms with van der Waals surface area (Å²) in [5.74, 6) is 1.56. The van der Waals surface area contributed by atoms with Crippen LogP contribution in [-0.4, -0.2) is 33.9 Å². The Balaban J connectivity index is 1.47. The second kappa shape index (κ2) is 6.82. The number of likely N-dealkylation sites (tertiary alicyclic amines) is 1. The molecular weight excluding hydrogens is 312 g/mol. The summed E-state index contributed by atoms with van der Waals surface area (Å²) in [6.45, 7) is 3.75. The second-order valence-electron chi connectivity index (χ2n) is 7.20. The normalized spacial score (nSPS) is 20.4. The molecular formula is C20H24N4O. The zero-order valence-corrected chi connectivity index (χ0v) is 14.6. The Labute approximate surface area is 148 Å². The lowest BCUT2D eigenvalue weighted by molar-refractivity contribution is -0.133. The summed E-state index contributed by atoms with van der Waals surface area (Å²) in [5, 5.41) is 3.28. The van der Waals surface area contributed by atoms with Gasteiger partial charge in [-0.15, -0.1) is 0 Å². The summed E-state index contributed by atoms with van der Waals surface area (Å²) in [5.41, 5.74) is 3.22. The van der Waals surface area contributed by atoms with Crippen LogP contribution in [-0.2, 0) is 4.79 Å². The van der Waals surface area contributed by atoms with E-state index in [9.17, 15) is 4.79 Å². The molecule has 1 saturated heterocycles. The van der Waals surface area contributed by atoms with Crippen molar-refractivity contribution in [3.05, 3.63) is 47.8 Å². The lowest BCUT2D eigenvalue weighted by Gasteiger charge is -2.32. The van der Waals surface area contributed by atoms with E-state index in [0.717, 1.165) is 50.2 Å². The number of carbonyl (C=O) groups is 1. The van der Waals surface area contributed by atoms with Gasteiger partial charge in [-0.1, -0.05) is 12.1 Å². The Bertz CT molecular complexity index is 772. The number of rotatable bonds is 4. The molecule has 1 aromatic heterocycles. The lowest BCUT2D eigenvalue weighted by atomic mass is 9.94. The first-order valence-corrected chi connectivity index (χ1v) is 9.14. The molecule has 5 nitrogen and oxygen atoms in total. The Kier molecular flexibility index (Phi) is 4.38. The molecule has 5 heteroatoms. The first kappa shape index (κ1) is 16.1. The van der Waals surface area contributed by atoms with Crippen molar-refractivity contribution in [3.63, 3.8) is 0 Å². The molecule has 1 saturated carbocycles. The number of piperidine rings is 1. The molecule has 2 aliphatic rings. The van der Waals surface area contributed by atoms with Crippen LogP contribution in [0.15, 0.2) is 36.5 Å². The smallest absolute Gasteiger partial charge is 0.227 e. The van der Waals surface area contributed by atoms with Gasteiger partial charge in [0.15, 0.2) is 0 Å². The molecule has 130 valence electrons. The molecule has 0 bridgehead atoms. The summed E-state index contributed by atoms with van der Waals surface area (Å²) in [6, 6.07) is 10.2. The minimum Gasteiger partial charge on any atom is -0.342 e. The minimum absolute atomic E-state index is 0.294. The largest absolute Gasteiger partial charge is 0.342 e. The number of anilines is 2. The van der Waals surface area contributed by atoms with Crippen molar-refractivity contribution in [1.82, 2.24) is 14.9 Å². The van der Waals surface area contributed by atoms with Gasteiger partial charge in [0.25, 0.3) is 0 Å². The van der Waals surface area contributed by atoms with Crippen LogP contribution in [0.2, 0.25) is 0 Å². The molecule has 0 radical (unpaired) electrons. The maximum atomic E-state index is 12.4. The van der Waals surface area contributed by atoms with E-state index in [1.165, 1.54) is 5.56 Å². The quantitative estimate of drug-likeness (QED) is 0.926. The lowest BCUT2D eigenvalue weighted by Crippen LogP contribution is -2.40. The van der Waals surface area contributed by atoms with Gasteiger partial charge in [0.1, 0.15) is 0 Å². The number of nitrogens with zero attached hydrogens (tertiary/aromatic N) is 3. The third-order valence-corrected chi connectivity index (χ3v) is 5.03. The van der Waals surface area contributed by atoms with E-state index < -0.39 is 0 Å². The number of carbonyl (C=O) groups excluding carboxylic acids is 1. The average Bonchev–Trinajstić information content (AvgIpc) is 3.47. The third-order valence-electron chi connectivity index (χ3n) is 5.03. The Hall–Kier alpha value is -2.43. The number of amides is 1. The third kappa shape index (κ3) is 3.81. The second-order valence-corrected chi connectivity index (χ2v) is 7.20. The van der Waals surface area contributed by atoms with E-state index in [1.807, 2.05) is 29.3 Å². The highest BCUT2D eigenvalue weighted by molar-refractivity contribution is 5.81. The molecule has 1 aliphatic carbocycles. The van der Waals surface area contributed by atoms with Crippen LogP contribution in [0, 0.1) is 12.8 Å². The molecule has 0 spiro atoms. The highest BCUT2D eigenvalue weighted by Crippen LogP contribution is 2.34. The fourth-order valence-corrected chi connectivity index (χ4v) is 3.52. The van der Waals surface area contributed by atoms with Crippen LogP contribution in [0.4, 0.5) is 11.6 Å². The predicted octanol–water partition coefficient (Wildman–Crippen LogP) is 3.64. The Morgan fingerprint density at radius 3 is 2.92 bits per heavy atom. The van der Waals surface area contributed by atoms with Crippen molar-refractivity contribution >= 4 is 17.5 Å². The number of hydrogen-bond acceptors (Lipinski definition) is 4. The van der Waals surface area contributed by atoms with Gasteiger partial charge < -0.3 is 10.2 Å². The van der Waals surface area contributed by atoms with Gasteiger partial charge in [-0.3, -0.25) is 4.79 Å². The number of hydrogen-bond donors (Lipinski definition) is 1. The highest BCUT2D eigenvalue weighted by Gasteiger charge is 2.35. The van der Waals surface area contributed by atoms with E-state index >= 15 is 0 Å². The summed E-state index contributed by atoms with van der Waals surface area (Å²) in [6.07, 6.45) is 6.07. The van der Waals surface area contributed by atoms with Crippen molar-refractivity contribution in [2.75, 3.05) is 18.4 Å². The van der Waals surface area contributed by atoms with Gasteiger partial charge in [0.2, 0.25) is 11.9 Å². The first-order chi connectivity index (χ1) is 12.2. The van der Waals surface area contributed by atoms with E-state index in [2.05, 4.69) is 29.4 Å². The van der Waals surface area contributed by atoms with E-state index in [4.69, 9.17) is 4.98 Å². The molecule has 4 rings (SSSR count). The molecule has 2 fully saturated rings. The molecule has 1 unspecified atom stereocenters. The van der Waals surface area contributed by atoms with Gasteiger partial charge in [0.05, 0.1) is 5.69 Å². The van der Waals surface area contributed by atoms with Crippen LogP contribution in [0.1, 0.15) is 42.9 Å². The fourth-order valence-electron chi connectivity index (χ4n) is 3.52. The minimum atomic E-state index is 0.294. The predicted molar refractivity (Wildman–Crippen MR) is 97.8 cm³/mol. The zero-order valence-electron chi connectivity index (χ0n) is 14.6. The summed E-state index contributed by atoms with van der Waals surface area (Å²) in [7, 11) is 0. The summed E-state index contributed by atoms with van der Waals surface area (Å²) < 4.78 is 0. The molecule has 1 N–H and O–H groups in total. The van der Waals surface area contributed by atoms with Crippen molar-refractivity contribution < 1.29 is 4.79 Å². The highest BCUT2D eigenvalue weighted by atomic mass is 16.2. The van der Waals surface area contributed by atoms with Crippen LogP contribution >= 0.6 is 0 Å². The average molecular weight is 336 g/mol. The summed E-state index contributed by atoms with van der Waals surface area (Å²) in [4.78, 5) is 23.5. The molecule has 1 aliphatic heterocycles. The van der Waals surface area contributed by atoms with Crippen molar-refractivity contribution in [1.29, 1.82) is 0 Å². The van der Waals surface area contributed by atoms with E-state index in [1.54, 1.807) is 0 Å². The fraction of sp³-hybridized carbons (Fsp3) is 0.450. The van der Waals surface area contributed by atoms with Crippen LogP contribution in [0.25, 0.3) is 0 Å². The van der Waals surface area contributed by atoms with Crippen molar-refractivity contribution in [2.24, 2.45) is 5.92 Å². The topological polar surface area (TPSA) is 58.1 Å². The van der Waals surface area contributed by atoms with Crippen LogP contribution in [0.3, 0.4) is 0 Å². The molecule has 25 heavy (non-hydrogen) atoms. The molecule has 1 amide bonds. The maximum absolute atomic E-state index is 12.4. The molecule has 1 atom stereocenters. The number of nitrogens with one attached hydrogen (secondary N) is 1. The van der Waals surface area contributed by atoms with Crippen LogP contribution in [0.5, 0.6) is 0 Å². The van der Waals surface area contributed by atoms with Crippen LogP contribution < -0.4 is 5.32 Å². The van der Waals surface area contributed by atoms with Gasteiger partial charge in [-0.2, -0.15) is 0 Å². The number of aromatic nitrogens is 2. The Morgan fingerprint density at radius 2 is 2.12 bits per heavy atom. The SMILES string of the molecule is Cc1cccc(Nc2nccc(C3CCCN(C(=O)C4CC4)C3)n2)c1. The van der Waals surface area contributed by atoms with Crippen molar-refractivity contribution in [3.8, 4) is 0 Å². The standard InChI is InChI=1S/C20H24N4O/c1-14-4-2-6-17(12-14)22-20-21-10-9-18(23-20)16-5-3-11-24(13-16)19(25)15-7-8-15/h2,4,6,9-10,12,15-16H,3,5,7-8,11,13H2,1H3,(H,21,22,23). The first-order valence-electron chi connectivity index (χ1n) is 9.14. The maximum Gasteiger partial charge on any atom is 0.227 e. The van der Waals surface area contributed by atoms with Gasteiger partial charge in [-0.25, -0.2) is 9.97 Å². The van der Waals surface area contributed by atoms with Gasteiger partial charge >= 0.3 is 0 Å². The van der Waals surface area contributed by atoms with Crippen molar-refractivity contribution in [2.45, 2.75) is 38.5 Å². The monoisotopic (exact) mass is 336 g/mol.